The van der Waals surface area contributed by atoms with Crippen LogP contribution in [0.4, 0.5) is 0 Å². The lowest BCUT2D eigenvalue weighted by atomic mass is 10.5. The summed E-state index contributed by atoms with van der Waals surface area (Å²) in [5.74, 6) is 0. The first-order chi connectivity index (χ1) is 6.45. The molecule has 5 nitrogen and oxygen atoms in total. The van der Waals surface area contributed by atoms with Crippen LogP contribution in [0.1, 0.15) is 0 Å². The quantitative estimate of drug-likeness (QED) is 0.600. The van der Waals surface area contributed by atoms with Crippen LogP contribution in [0.15, 0.2) is 0 Å². The fraction of sp³-hybridized carbons (Fsp3) is 1.00. The van der Waals surface area contributed by atoms with E-state index in [2.05, 4.69) is 0 Å². The van der Waals surface area contributed by atoms with Gasteiger partial charge in [0.2, 0.25) is 0 Å². The second kappa shape index (κ2) is 4.88. The Balaban J connectivity index is 1.69. The highest BCUT2D eigenvalue weighted by Crippen LogP contribution is 2.09. The fourth-order valence-electron chi connectivity index (χ4n) is 1.26. The van der Waals surface area contributed by atoms with Gasteiger partial charge in [-0.15, -0.1) is 0 Å². The van der Waals surface area contributed by atoms with Crippen LogP contribution in [-0.2, 0) is 23.7 Å². The lowest BCUT2D eigenvalue weighted by Crippen LogP contribution is -2.39. The van der Waals surface area contributed by atoms with Gasteiger partial charge in [0, 0.05) is 0 Å². The molecule has 0 saturated carbocycles. The summed E-state index contributed by atoms with van der Waals surface area (Å²) >= 11 is 0. The average Bonchev–Trinajstić information content (AvgIpc) is 2.21. The molecule has 2 atom stereocenters. The van der Waals surface area contributed by atoms with Crippen LogP contribution in [0.3, 0.4) is 0 Å². The molecule has 0 amide bonds. The molecule has 0 aliphatic carbocycles. The van der Waals surface area contributed by atoms with Gasteiger partial charge in [-0.3, -0.25) is 0 Å². The highest BCUT2D eigenvalue weighted by atomic mass is 16.8. The van der Waals surface area contributed by atoms with Crippen LogP contribution in [0, 0.1) is 0 Å². The molecule has 2 fully saturated rings. The molecule has 2 aliphatic rings. The maximum absolute atomic E-state index is 5.44. The first kappa shape index (κ1) is 9.36. The topological polar surface area (TPSA) is 46.2 Å². The van der Waals surface area contributed by atoms with Gasteiger partial charge < -0.3 is 23.7 Å². The maximum atomic E-state index is 5.44. The Hall–Kier alpha value is -0.200. The Labute approximate surface area is 76.8 Å². The van der Waals surface area contributed by atoms with E-state index in [9.17, 15) is 0 Å². The molecule has 0 aromatic carbocycles. The smallest absolute Gasteiger partial charge is 0.184 e. The third-order valence-corrected chi connectivity index (χ3v) is 1.87. The van der Waals surface area contributed by atoms with Crippen LogP contribution in [0.25, 0.3) is 0 Å². The van der Waals surface area contributed by atoms with Gasteiger partial charge in [0.25, 0.3) is 0 Å². The minimum atomic E-state index is -0.305. The third-order valence-electron chi connectivity index (χ3n) is 1.87. The highest BCUT2D eigenvalue weighted by molar-refractivity contribution is 4.54. The Kier molecular flexibility index (Phi) is 3.51. The van der Waals surface area contributed by atoms with E-state index >= 15 is 0 Å². The third kappa shape index (κ3) is 2.89. The van der Waals surface area contributed by atoms with Crippen LogP contribution in [-0.4, -0.2) is 52.2 Å². The van der Waals surface area contributed by atoms with E-state index in [4.69, 9.17) is 23.7 Å². The van der Waals surface area contributed by atoms with E-state index < -0.39 is 0 Å². The van der Waals surface area contributed by atoms with Gasteiger partial charge in [-0.2, -0.15) is 0 Å². The summed E-state index contributed by atoms with van der Waals surface area (Å²) in [6, 6.07) is 0. The van der Waals surface area contributed by atoms with Crippen molar-refractivity contribution < 1.29 is 23.7 Å². The molecule has 0 bridgehead atoms. The summed E-state index contributed by atoms with van der Waals surface area (Å²) in [6.07, 6.45) is -0.610. The Morgan fingerprint density at radius 3 is 1.69 bits per heavy atom. The van der Waals surface area contributed by atoms with E-state index in [0.29, 0.717) is 39.6 Å². The summed E-state index contributed by atoms with van der Waals surface area (Å²) < 4.78 is 26.4. The zero-order chi connectivity index (χ0) is 8.93. The molecule has 2 heterocycles. The first-order valence-corrected chi connectivity index (χ1v) is 4.49. The Morgan fingerprint density at radius 1 is 0.769 bits per heavy atom. The summed E-state index contributed by atoms with van der Waals surface area (Å²) in [5, 5.41) is 0. The second-order valence-corrected chi connectivity index (χ2v) is 2.89. The predicted octanol–water partition coefficient (Wildman–Crippen LogP) is -0.251. The second-order valence-electron chi connectivity index (χ2n) is 2.89. The molecule has 5 heteroatoms. The lowest BCUT2D eigenvalue weighted by molar-refractivity contribution is -0.303. The molecule has 0 aromatic rings. The van der Waals surface area contributed by atoms with Crippen molar-refractivity contribution in [3.63, 3.8) is 0 Å². The van der Waals surface area contributed by atoms with E-state index in [1.54, 1.807) is 0 Å². The number of hydrogen-bond donors (Lipinski definition) is 0. The van der Waals surface area contributed by atoms with E-state index in [0.717, 1.165) is 0 Å². The summed E-state index contributed by atoms with van der Waals surface area (Å²) in [6.45, 7) is 3.39. The molecule has 2 aliphatic heterocycles. The van der Waals surface area contributed by atoms with Crippen molar-refractivity contribution in [3.8, 4) is 0 Å². The van der Waals surface area contributed by atoms with Crippen molar-refractivity contribution in [1.82, 2.24) is 0 Å². The normalized spacial score (nSPS) is 36.0. The zero-order valence-electron chi connectivity index (χ0n) is 7.44. The number of hydrogen-bond acceptors (Lipinski definition) is 5. The maximum Gasteiger partial charge on any atom is 0.184 e. The summed E-state index contributed by atoms with van der Waals surface area (Å²) in [5.41, 5.74) is 0. The van der Waals surface area contributed by atoms with Gasteiger partial charge in [-0.1, -0.05) is 0 Å². The minimum Gasteiger partial charge on any atom is -0.374 e. The molecule has 0 aromatic heterocycles. The van der Waals surface area contributed by atoms with Crippen molar-refractivity contribution in [2.24, 2.45) is 0 Å². The van der Waals surface area contributed by atoms with Crippen LogP contribution in [0.5, 0.6) is 0 Å². The monoisotopic (exact) mass is 190 g/mol. The molecule has 0 spiro atoms. The highest BCUT2D eigenvalue weighted by Gasteiger charge is 2.22. The van der Waals surface area contributed by atoms with Gasteiger partial charge >= 0.3 is 0 Å². The van der Waals surface area contributed by atoms with Gasteiger partial charge in [-0.25, -0.2) is 0 Å². The molecule has 2 saturated heterocycles. The lowest BCUT2D eigenvalue weighted by Gasteiger charge is -2.29. The van der Waals surface area contributed by atoms with Crippen molar-refractivity contribution >= 4 is 0 Å². The van der Waals surface area contributed by atoms with Gasteiger partial charge in [-0.05, 0) is 0 Å². The minimum absolute atomic E-state index is 0.305. The fourth-order valence-corrected chi connectivity index (χ4v) is 1.26. The predicted molar refractivity (Wildman–Crippen MR) is 42.2 cm³/mol. The van der Waals surface area contributed by atoms with Crippen LogP contribution < -0.4 is 0 Å². The Morgan fingerprint density at radius 2 is 1.31 bits per heavy atom. The summed E-state index contributed by atoms with van der Waals surface area (Å²) in [4.78, 5) is 0. The van der Waals surface area contributed by atoms with Crippen LogP contribution >= 0.6 is 0 Å². The summed E-state index contributed by atoms with van der Waals surface area (Å²) in [7, 11) is 0. The largest absolute Gasteiger partial charge is 0.374 e. The molecule has 0 N–H and O–H groups in total. The van der Waals surface area contributed by atoms with Gasteiger partial charge in [0.15, 0.2) is 12.6 Å². The van der Waals surface area contributed by atoms with Gasteiger partial charge in [0.1, 0.15) is 0 Å². The zero-order valence-corrected chi connectivity index (χ0v) is 7.44. The Bertz CT molecular complexity index is 123. The van der Waals surface area contributed by atoms with Crippen molar-refractivity contribution in [3.05, 3.63) is 0 Å². The first-order valence-electron chi connectivity index (χ1n) is 4.49. The van der Waals surface area contributed by atoms with Crippen LogP contribution in [0.2, 0.25) is 0 Å². The molecule has 13 heavy (non-hydrogen) atoms. The number of ether oxygens (including phenoxy) is 5. The van der Waals surface area contributed by atoms with E-state index in [1.807, 2.05) is 0 Å². The number of rotatable bonds is 2. The van der Waals surface area contributed by atoms with Crippen molar-refractivity contribution in [2.75, 3.05) is 39.6 Å². The van der Waals surface area contributed by atoms with Gasteiger partial charge in [0.05, 0.1) is 39.6 Å². The molecule has 76 valence electrons. The molecular weight excluding hydrogens is 176 g/mol. The van der Waals surface area contributed by atoms with Crippen molar-refractivity contribution in [2.45, 2.75) is 12.6 Å². The molecule has 2 rings (SSSR count). The molecule has 0 radical (unpaired) electrons. The SMILES string of the molecule is C1COC(OC2COCCO2)CO1. The van der Waals surface area contributed by atoms with E-state index in [1.165, 1.54) is 0 Å². The molecular formula is C8H14O5. The molecule has 2 unspecified atom stereocenters. The standard InChI is InChI=1S/C8H14O5/c1-3-11-7(5-9-1)13-8-6-10-2-4-12-8/h7-8H,1-6H2. The average molecular weight is 190 g/mol. The van der Waals surface area contributed by atoms with E-state index in [-0.39, 0.29) is 12.6 Å². The van der Waals surface area contributed by atoms with Crippen molar-refractivity contribution in [1.29, 1.82) is 0 Å².